The van der Waals surface area contributed by atoms with E-state index in [-0.39, 0.29) is 47.7 Å². The fourth-order valence-electron chi connectivity index (χ4n) is 8.79. The molecule has 12 heteroatoms. The molecule has 2 bridgehead atoms. The fourth-order valence-corrected chi connectivity index (χ4v) is 10.5. The third kappa shape index (κ3) is 9.60. The zero-order valence-corrected chi connectivity index (χ0v) is 33.7. The van der Waals surface area contributed by atoms with Gasteiger partial charge in [-0.15, -0.1) is 0 Å². The first-order valence-corrected chi connectivity index (χ1v) is 21.7. The summed E-state index contributed by atoms with van der Waals surface area (Å²) in [5.74, 6) is 1.70. The SMILES string of the molecule is CC(C)(C)OC(=O)NC1C2CCC1CN(C(=O)[C@H]1C[C@H](Oc3ccc(-c4ccc(Cl)cc4)cc3)CCN1S(=O)(=O)c1ccc(OCC3CCCCC3)cc1)C2. The molecule has 4 aliphatic rings. The Kier molecular flexibility index (Phi) is 12.0. The van der Waals surface area contributed by atoms with Crippen molar-refractivity contribution in [1.82, 2.24) is 14.5 Å². The second-order valence-corrected chi connectivity index (χ2v) is 19.1. The smallest absolute Gasteiger partial charge is 0.407 e. The Balaban J connectivity index is 1.07. The van der Waals surface area contributed by atoms with E-state index < -0.39 is 27.8 Å². The summed E-state index contributed by atoms with van der Waals surface area (Å²) in [6.07, 6.45) is 7.61. The predicted molar refractivity (Wildman–Crippen MR) is 213 cm³/mol. The summed E-state index contributed by atoms with van der Waals surface area (Å²) in [4.78, 5) is 29.3. The van der Waals surface area contributed by atoms with Crippen LogP contribution in [-0.2, 0) is 19.6 Å². The van der Waals surface area contributed by atoms with Crippen LogP contribution in [0.2, 0.25) is 5.02 Å². The Bertz CT molecular complexity index is 1880. The highest BCUT2D eigenvalue weighted by Crippen LogP contribution is 2.39. The molecule has 2 amide bonds. The van der Waals surface area contributed by atoms with Gasteiger partial charge in [-0.1, -0.05) is 55.1 Å². The van der Waals surface area contributed by atoms with E-state index in [1.165, 1.54) is 23.6 Å². The third-order valence-electron chi connectivity index (χ3n) is 11.6. The van der Waals surface area contributed by atoms with Gasteiger partial charge in [0.05, 0.1) is 11.5 Å². The van der Waals surface area contributed by atoms with Crippen molar-refractivity contribution in [2.24, 2.45) is 17.8 Å². The lowest BCUT2D eigenvalue weighted by Gasteiger charge is -2.43. The topological polar surface area (TPSA) is 114 Å². The number of rotatable bonds is 10. The van der Waals surface area contributed by atoms with Crippen molar-refractivity contribution >= 4 is 33.6 Å². The number of piperidine rings is 2. The molecule has 4 fully saturated rings. The molecule has 2 heterocycles. The van der Waals surface area contributed by atoms with Crippen LogP contribution in [0.15, 0.2) is 77.7 Å². The van der Waals surface area contributed by atoms with Gasteiger partial charge in [0.1, 0.15) is 29.2 Å². The number of nitrogens with one attached hydrogen (secondary N) is 1. The Morgan fingerprint density at radius 2 is 1.40 bits per heavy atom. The third-order valence-corrected chi connectivity index (χ3v) is 13.8. The number of carbonyl (C=O) groups excluding carboxylic acids is 2. The molecule has 0 radical (unpaired) electrons. The quantitative estimate of drug-likeness (QED) is 0.220. The van der Waals surface area contributed by atoms with Crippen LogP contribution in [0.25, 0.3) is 11.1 Å². The number of benzene rings is 3. The largest absolute Gasteiger partial charge is 0.493 e. The van der Waals surface area contributed by atoms with Crippen molar-refractivity contribution in [3.63, 3.8) is 0 Å². The standard InChI is InChI=1S/C43H54ClN3O7S/c1-43(2,3)54-42(49)45-40-32-9-10-33(40)27-46(26-32)41(48)39-25-37(53-36-17-13-31(14-18-36)30-11-15-34(44)16-12-30)23-24-47(39)55(50,51)38-21-19-35(20-22-38)52-28-29-7-5-4-6-8-29/h11-22,29,32-33,37,39-40H,4-10,23-28H2,1-3H3,(H,45,49)/t32?,33?,37-,39-,40?/m1/s1. The molecule has 2 aliphatic carbocycles. The summed E-state index contributed by atoms with van der Waals surface area (Å²) in [5, 5.41) is 3.75. The van der Waals surface area contributed by atoms with Crippen LogP contribution in [0.4, 0.5) is 4.79 Å². The highest BCUT2D eigenvalue weighted by atomic mass is 35.5. The molecule has 1 N–H and O–H groups in total. The van der Waals surface area contributed by atoms with Crippen LogP contribution in [-0.4, -0.2) is 79.7 Å². The highest BCUT2D eigenvalue weighted by molar-refractivity contribution is 7.89. The number of alkyl carbamates (subject to hydrolysis) is 1. The van der Waals surface area contributed by atoms with Crippen LogP contribution in [0.1, 0.15) is 78.6 Å². The molecular formula is C43H54ClN3O7S. The first-order valence-electron chi connectivity index (χ1n) is 19.9. The Morgan fingerprint density at radius 3 is 2.02 bits per heavy atom. The number of halogens is 1. The van der Waals surface area contributed by atoms with Gasteiger partial charge in [0.15, 0.2) is 0 Å². The summed E-state index contributed by atoms with van der Waals surface area (Å²) in [6, 6.07) is 21.0. The summed E-state index contributed by atoms with van der Waals surface area (Å²) >= 11 is 6.08. The molecular weight excluding hydrogens is 738 g/mol. The van der Waals surface area contributed by atoms with Gasteiger partial charge in [-0.2, -0.15) is 4.31 Å². The van der Waals surface area contributed by atoms with Gasteiger partial charge in [-0.3, -0.25) is 4.79 Å². The van der Waals surface area contributed by atoms with Crippen molar-refractivity contribution in [3.05, 3.63) is 77.8 Å². The number of sulfonamides is 1. The maximum absolute atomic E-state index is 14.6. The molecule has 3 aromatic rings. The summed E-state index contributed by atoms with van der Waals surface area (Å²) < 4.78 is 48.2. The lowest BCUT2D eigenvalue weighted by molar-refractivity contribution is -0.140. The van der Waals surface area contributed by atoms with Gasteiger partial charge in [-0.05, 0) is 130 Å². The van der Waals surface area contributed by atoms with Gasteiger partial charge in [0, 0.05) is 37.1 Å². The van der Waals surface area contributed by atoms with E-state index in [1.807, 2.05) is 74.2 Å². The molecule has 2 unspecified atom stereocenters. The second kappa shape index (κ2) is 16.7. The molecule has 0 spiro atoms. The van der Waals surface area contributed by atoms with Gasteiger partial charge in [-0.25, -0.2) is 13.2 Å². The number of amides is 2. The van der Waals surface area contributed by atoms with Gasteiger partial charge in [0.25, 0.3) is 0 Å². The van der Waals surface area contributed by atoms with E-state index >= 15 is 0 Å². The monoisotopic (exact) mass is 791 g/mol. The summed E-state index contributed by atoms with van der Waals surface area (Å²) in [6.45, 7) is 7.14. The molecule has 10 nitrogen and oxygen atoms in total. The number of likely N-dealkylation sites (tertiary alicyclic amines) is 1. The second-order valence-electron chi connectivity index (χ2n) is 16.7. The van der Waals surface area contributed by atoms with Gasteiger partial charge < -0.3 is 24.4 Å². The van der Waals surface area contributed by atoms with Crippen LogP contribution >= 0.6 is 11.6 Å². The molecule has 4 atom stereocenters. The zero-order valence-electron chi connectivity index (χ0n) is 32.1. The van der Waals surface area contributed by atoms with Crippen molar-refractivity contribution in [2.75, 3.05) is 26.2 Å². The molecule has 2 aliphatic heterocycles. The average Bonchev–Trinajstić information content (AvgIpc) is 3.38. The number of nitrogens with zero attached hydrogens (tertiary/aromatic N) is 2. The van der Waals surface area contributed by atoms with Gasteiger partial charge in [0.2, 0.25) is 15.9 Å². The number of hydrogen-bond donors (Lipinski definition) is 1. The minimum absolute atomic E-state index is 0.0521. The Hall–Kier alpha value is -3.80. The first-order chi connectivity index (χ1) is 26.3. The molecule has 3 aromatic carbocycles. The lowest BCUT2D eigenvalue weighted by Crippen LogP contribution is -2.60. The Labute approximate surface area is 330 Å². The fraction of sp³-hybridized carbons (Fsp3) is 0.535. The molecule has 55 heavy (non-hydrogen) atoms. The van der Waals surface area contributed by atoms with Crippen molar-refractivity contribution in [3.8, 4) is 22.6 Å². The molecule has 2 saturated carbocycles. The van der Waals surface area contributed by atoms with Gasteiger partial charge >= 0.3 is 6.09 Å². The highest BCUT2D eigenvalue weighted by Gasteiger charge is 2.48. The molecule has 7 rings (SSSR count). The van der Waals surface area contributed by atoms with Crippen molar-refractivity contribution in [2.45, 2.75) is 107 Å². The van der Waals surface area contributed by atoms with E-state index in [4.69, 9.17) is 25.8 Å². The van der Waals surface area contributed by atoms with Crippen molar-refractivity contribution in [1.29, 1.82) is 0 Å². The number of hydrogen-bond acceptors (Lipinski definition) is 7. The number of carbonyl (C=O) groups is 2. The molecule has 0 aromatic heterocycles. The van der Waals surface area contributed by atoms with Crippen LogP contribution in [0, 0.1) is 17.8 Å². The Morgan fingerprint density at radius 1 is 0.800 bits per heavy atom. The minimum atomic E-state index is -4.05. The van der Waals surface area contributed by atoms with Crippen LogP contribution in [0.3, 0.4) is 0 Å². The lowest BCUT2D eigenvalue weighted by atomic mass is 9.90. The van der Waals surface area contributed by atoms with E-state index in [0.717, 1.165) is 36.8 Å². The van der Waals surface area contributed by atoms with E-state index in [9.17, 15) is 18.0 Å². The summed E-state index contributed by atoms with van der Waals surface area (Å²) in [7, 11) is -4.05. The van der Waals surface area contributed by atoms with Crippen LogP contribution < -0.4 is 14.8 Å². The zero-order chi connectivity index (χ0) is 38.7. The predicted octanol–water partition coefficient (Wildman–Crippen LogP) is 8.33. The summed E-state index contributed by atoms with van der Waals surface area (Å²) in [5.41, 5.74) is 1.43. The molecule has 2 saturated heterocycles. The minimum Gasteiger partial charge on any atom is -0.493 e. The first kappa shape index (κ1) is 39.4. The average molecular weight is 792 g/mol. The van der Waals surface area contributed by atoms with Crippen LogP contribution in [0.5, 0.6) is 11.5 Å². The maximum Gasteiger partial charge on any atom is 0.407 e. The number of fused-ring (bicyclic) bond motifs is 2. The van der Waals surface area contributed by atoms with Crippen molar-refractivity contribution < 1.29 is 32.2 Å². The van der Waals surface area contributed by atoms with E-state index in [1.54, 1.807) is 24.3 Å². The number of ether oxygens (including phenoxy) is 3. The normalized spacial score (nSPS) is 24.9. The maximum atomic E-state index is 14.6. The van der Waals surface area contributed by atoms with E-state index in [0.29, 0.717) is 48.6 Å². The van der Waals surface area contributed by atoms with E-state index in [2.05, 4.69) is 5.32 Å². The molecule has 296 valence electrons.